The number of aromatic nitrogens is 2. The predicted molar refractivity (Wildman–Crippen MR) is 72.7 cm³/mol. The highest BCUT2D eigenvalue weighted by Crippen LogP contribution is 2.14. The molecule has 1 aromatic carbocycles. The fraction of sp³-hybridized carbons (Fsp3) is 0.214. The second-order valence-electron chi connectivity index (χ2n) is 3.90. The summed E-state index contributed by atoms with van der Waals surface area (Å²) < 4.78 is 7.20. The lowest BCUT2D eigenvalue weighted by Gasteiger charge is -2.09. The Morgan fingerprint density at radius 3 is 3.17 bits per heavy atom. The van der Waals surface area contributed by atoms with Crippen molar-refractivity contribution in [2.24, 2.45) is 0 Å². The van der Waals surface area contributed by atoms with Crippen LogP contribution in [0.15, 0.2) is 49.3 Å². The van der Waals surface area contributed by atoms with Gasteiger partial charge in [-0.25, -0.2) is 4.98 Å². The Balaban J connectivity index is 2.01. The maximum absolute atomic E-state index is 5.19. The second-order valence-corrected chi connectivity index (χ2v) is 3.90. The maximum Gasteiger partial charge on any atom is 0.203 e. The highest BCUT2D eigenvalue weighted by atomic mass is 16.5. The first-order valence-corrected chi connectivity index (χ1v) is 5.82. The van der Waals surface area contributed by atoms with Crippen molar-refractivity contribution in [3.05, 3.63) is 54.9 Å². The lowest BCUT2D eigenvalue weighted by molar-refractivity contribution is 0.414. The molecule has 0 radical (unpaired) electrons. The Morgan fingerprint density at radius 2 is 2.39 bits per heavy atom. The minimum atomic E-state index is 0.714. The van der Waals surface area contributed by atoms with Crippen LogP contribution < -0.4 is 10.1 Å². The average molecular weight is 243 g/mol. The zero-order valence-corrected chi connectivity index (χ0v) is 10.5. The topological polar surface area (TPSA) is 39.1 Å². The van der Waals surface area contributed by atoms with E-state index in [4.69, 9.17) is 4.74 Å². The number of hydrogen-bond donors (Lipinski definition) is 1. The maximum atomic E-state index is 5.19. The molecule has 1 N–H and O–H groups in total. The van der Waals surface area contributed by atoms with Gasteiger partial charge < -0.3 is 14.6 Å². The molecule has 0 aliphatic rings. The molecule has 4 heteroatoms. The summed E-state index contributed by atoms with van der Waals surface area (Å²) in [4.78, 5) is 4.27. The zero-order chi connectivity index (χ0) is 12.8. The summed E-state index contributed by atoms with van der Waals surface area (Å²) in [6.45, 7) is 5.19. The summed E-state index contributed by atoms with van der Waals surface area (Å²) in [7, 11) is 1.67. The molecule has 0 saturated heterocycles. The van der Waals surface area contributed by atoms with Crippen LogP contribution in [0, 0.1) is 0 Å². The molecule has 1 heterocycles. The molecule has 0 atom stereocenters. The molecular weight excluding hydrogens is 226 g/mol. The van der Waals surface area contributed by atoms with Gasteiger partial charge in [0.15, 0.2) is 0 Å². The fourth-order valence-corrected chi connectivity index (χ4v) is 1.73. The number of methoxy groups -OCH3 is 1. The Hall–Kier alpha value is -2.23. The van der Waals surface area contributed by atoms with Gasteiger partial charge in [-0.1, -0.05) is 18.2 Å². The molecule has 0 amide bonds. The van der Waals surface area contributed by atoms with E-state index < -0.39 is 0 Å². The third kappa shape index (κ3) is 2.91. The highest BCUT2D eigenvalue weighted by molar-refractivity contribution is 5.33. The van der Waals surface area contributed by atoms with E-state index in [-0.39, 0.29) is 0 Å². The van der Waals surface area contributed by atoms with Gasteiger partial charge in [-0.3, -0.25) is 0 Å². The summed E-state index contributed by atoms with van der Waals surface area (Å²) in [5.74, 6) is 1.71. The molecule has 18 heavy (non-hydrogen) atoms. The molecule has 0 unspecified atom stereocenters. The molecule has 1 aromatic heterocycles. The van der Waals surface area contributed by atoms with Crippen LogP contribution >= 0.6 is 0 Å². The Labute approximate surface area is 107 Å². The average Bonchev–Trinajstić information content (AvgIpc) is 2.85. The molecule has 0 saturated carbocycles. The molecule has 0 fully saturated rings. The van der Waals surface area contributed by atoms with E-state index in [2.05, 4.69) is 22.9 Å². The number of nitrogens with zero attached hydrogens (tertiary/aromatic N) is 2. The van der Waals surface area contributed by atoms with E-state index in [9.17, 15) is 0 Å². The highest BCUT2D eigenvalue weighted by Gasteiger charge is 2.01. The third-order valence-corrected chi connectivity index (χ3v) is 2.63. The second kappa shape index (κ2) is 5.91. The molecular formula is C14H17N3O. The van der Waals surface area contributed by atoms with Gasteiger partial charge in [0.2, 0.25) is 5.95 Å². The predicted octanol–water partition coefficient (Wildman–Crippen LogP) is 2.69. The standard InChI is InChI=1S/C14H17N3O/c1-3-8-17-9-7-15-14(17)16-11-12-5-4-6-13(10-12)18-2/h3-7,9-10H,1,8,11H2,2H3,(H,15,16). The van der Waals surface area contributed by atoms with Gasteiger partial charge in [0.05, 0.1) is 7.11 Å². The van der Waals surface area contributed by atoms with Crippen LogP contribution in [0.25, 0.3) is 0 Å². The number of imidazole rings is 1. The van der Waals surface area contributed by atoms with E-state index in [0.29, 0.717) is 6.54 Å². The minimum Gasteiger partial charge on any atom is -0.497 e. The van der Waals surface area contributed by atoms with Crippen LogP contribution in [0.5, 0.6) is 5.75 Å². The number of hydrogen-bond acceptors (Lipinski definition) is 3. The van der Waals surface area contributed by atoms with E-state index >= 15 is 0 Å². The number of nitrogens with one attached hydrogen (secondary N) is 1. The monoisotopic (exact) mass is 243 g/mol. The van der Waals surface area contributed by atoms with Crippen molar-refractivity contribution in [2.75, 3.05) is 12.4 Å². The Bertz CT molecular complexity index is 519. The van der Waals surface area contributed by atoms with Crippen molar-refractivity contribution in [1.82, 2.24) is 9.55 Å². The van der Waals surface area contributed by atoms with Gasteiger partial charge in [-0.2, -0.15) is 0 Å². The molecule has 94 valence electrons. The van der Waals surface area contributed by atoms with Crippen molar-refractivity contribution in [3.8, 4) is 5.75 Å². The van der Waals surface area contributed by atoms with Crippen LogP contribution in [-0.2, 0) is 13.1 Å². The number of anilines is 1. The zero-order valence-electron chi connectivity index (χ0n) is 10.5. The van der Waals surface area contributed by atoms with Crippen LogP contribution in [0.4, 0.5) is 5.95 Å². The van der Waals surface area contributed by atoms with Gasteiger partial charge in [-0.15, -0.1) is 6.58 Å². The Kier molecular flexibility index (Phi) is 4.02. The molecule has 0 aliphatic heterocycles. The van der Waals surface area contributed by atoms with Crippen molar-refractivity contribution < 1.29 is 4.74 Å². The van der Waals surface area contributed by atoms with Gasteiger partial charge in [0, 0.05) is 25.5 Å². The van der Waals surface area contributed by atoms with Crippen molar-refractivity contribution >= 4 is 5.95 Å². The fourth-order valence-electron chi connectivity index (χ4n) is 1.73. The van der Waals surface area contributed by atoms with Gasteiger partial charge in [0.25, 0.3) is 0 Å². The summed E-state index contributed by atoms with van der Waals surface area (Å²) in [5, 5.41) is 3.29. The summed E-state index contributed by atoms with van der Waals surface area (Å²) >= 11 is 0. The molecule has 2 rings (SSSR count). The largest absolute Gasteiger partial charge is 0.497 e. The smallest absolute Gasteiger partial charge is 0.203 e. The first-order valence-electron chi connectivity index (χ1n) is 5.82. The molecule has 0 bridgehead atoms. The number of rotatable bonds is 6. The molecule has 2 aromatic rings. The summed E-state index contributed by atoms with van der Waals surface area (Å²) in [5.41, 5.74) is 1.16. The lowest BCUT2D eigenvalue weighted by Crippen LogP contribution is -2.06. The number of ether oxygens (including phenoxy) is 1. The van der Waals surface area contributed by atoms with E-state index in [1.165, 1.54) is 0 Å². The van der Waals surface area contributed by atoms with Gasteiger partial charge >= 0.3 is 0 Å². The van der Waals surface area contributed by atoms with E-state index in [1.54, 1.807) is 13.3 Å². The van der Waals surface area contributed by atoms with E-state index in [1.807, 2.05) is 35.0 Å². The van der Waals surface area contributed by atoms with Crippen molar-refractivity contribution in [3.63, 3.8) is 0 Å². The molecule has 0 aliphatic carbocycles. The van der Waals surface area contributed by atoms with Gasteiger partial charge in [0.1, 0.15) is 5.75 Å². The first-order chi connectivity index (χ1) is 8.83. The molecule has 0 spiro atoms. The van der Waals surface area contributed by atoms with Crippen LogP contribution in [0.3, 0.4) is 0 Å². The van der Waals surface area contributed by atoms with Crippen LogP contribution in [-0.4, -0.2) is 16.7 Å². The first kappa shape index (κ1) is 12.2. The Morgan fingerprint density at radius 1 is 1.50 bits per heavy atom. The lowest BCUT2D eigenvalue weighted by atomic mass is 10.2. The minimum absolute atomic E-state index is 0.714. The van der Waals surface area contributed by atoms with Crippen LogP contribution in [0.2, 0.25) is 0 Å². The SMILES string of the molecule is C=CCn1ccnc1NCc1cccc(OC)c1. The van der Waals surface area contributed by atoms with Crippen molar-refractivity contribution in [1.29, 1.82) is 0 Å². The normalized spacial score (nSPS) is 10.1. The van der Waals surface area contributed by atoms with Crippen LogP contribution in [0.1, 0.15) is 5.56 Å². The molecule has 4 nitrogen and oxygen atoms in total. The van der Waals surface area contributed by atoms with Gasteiger partial charge in [-0.05, 0) is 17.7 Å². The third-order valence-electron chi connectivity index (χ3n) is 2.63. The number of benzene rings is 1. The van der Waals surface area contributed by atoms with E-state index in [0.717, 1.165) is 23.8 Å². The van der Waals surface area contributed by atoms with Crippen molar-refractivity contribution in [2.45, 2.75) is 13.1 Å². The quantitative estimate of drug-likeness (QED) is 0.793. The number of allylic oxidation sites excluding steroid dienone is 1. The summed E-state index contributed by atoms with van der Waals surface area (Å²) in [6, 6.07) is 7.97. The summed E-state index contributed by atoms with van der Waals surface area (Å²) in [6.07, 6.45) is 5.55.